The highest BCUT2D eigenvalue weighted by molar-refractivity contribution is 5.84. The molecule has 0 aromatic carbocycles. The molecule has 2 aromatic rings. The highest BCUT2D eigenvalue weighted by atomic mass is 16.5. The van der Waals surface area contributed by atoms with Crippen molar-refractivity contribution in [1.29, 1.82) is 0 Å². The molecular weight excluding hydrogens is 274 g/mol. The van der Waals surface area contributed by atoms with E-state index in [4.69, 9.17) is 16.2 Å². The second-order valence-electron chi connectivity index (χ2n) is 5.34. The molecule has 9 nitrogen and oxygen atoms in total. The summed E-state index contributed by atoms with van der Waals surface area (Å²) in [7, 11) is 3.73. The number of nitrogens with zero attached hydrogens (tertiary/aromatic N) is 5. The SMILES string of the molecule is CN(C)c1nc(N)nc2c1ncn2[C@H]1C[C@@H](N)[C@@H](CO)O1. The van der Waals surface area contributed by atoms with Gasteiger partial charge in [-0.2, -0.15) is 9.97 Å². The Morgan fingerprint density at radius 3 is 2.86 bits per heavy atom. The summed E-state index contributed by atoms with van der Waals surface area (Å²) < 4.78 is 7.54. The molecule has 21 heavy (non-hydrogen) atoms. The zero-order valence-electron chi connectivity index (χ0n) is 12.0. The molecule has 2 aromatic heterocycles. The highest BCUT2D eigenvalue weighted by Crippen LogP contribution is 2.31. The van der Waals surface area contributed by atoms with E-state index in [0.29, 0.717) is 23.4 Å². The molecular formula is C12H19N7O2. The van der Waals surface area contributed by atoms with Gasteiger partial charge in [-0.1, -0.05) is 0 Å². The van der Waals surface area contributed by atoms with Crippen molar-refractivity contribution in [1.82, 2.24) is 19.5 Å². The first-order valence-corrected chi connectivity index (χ1v) is 6.70. The first kappa shape index (κ1) is 14.0. The third kappa shape index (κ3) is 2.28. The lowest BCUT2D eigenvalue weighted by atomic mass is 10.1. The average molecular weight is 293 g/mol. The fourth-order valence-electron chi connectivity index (χ4n) is 2.54. The lowest BCUT2D eigenvalue weighted by Crippen LogP contribution is -2.32. The number of hydrogen-bond donors (Lipinski definition) is 3. The monoisotopic (exact) mass is 293 g/mol. The van der Waals surface area contributed by atoms with Crippen molar-refractivity contribution in [2.75, 3.05) is 31.3 Å². The topological polar surface area (TPSA) is 128 Å². The van der Waals surface area contributed by atoms with Crippen molar-refractivity contribution in [2.24, 2.45) is 5.73 Å². The molecule has 1 aliphatic rings. The van der Waals surface area contributed by atoms with Gasteiger partial charge in [-0.05, 0) is 0 Å². The molecule has 1 saturated heterocycles. The molecule has 3 heterocycles. The molecule has 3 atom stereocenters. The summed E-state index contributed by atoms with van der Waals surface area (Å²) in [6.07, 6.45) is 1.53. The number of nitrogens with two attached hydrogens (primary N) is 2. The third-order valence-electron chi connectivity index (χ3n) is 3.62. The van der Waals surface area contributed by atoms with Crippen molar-refractivity contribution >= 4 is 22.9 Å². The van der Waals surface area contributed by atoms with Crippen LogP contribution in [0, 0.1) is 0 Å². The van der Waals surface area contributed by atoms with Crippen LogP contribution in [-0.2, 0) is 4.74 Å². The van der Waals surface area contributed by atoms with Crippen LogP contribution < -0.4 is 16.4 Å². The second-order valence-corrected chi connectivity index (χ2v) is 5.34. The Balaban J connectivity index is 2.05. The minimum absolute atomic E-state index is 0.107. The number of nitrogen functional groups attached to an aromatic ring is 1. The number of anilines is 2. The maximum Gasteiger partial charge on any atom is 0.224 e. The summed E-state index contributed by atoms with van der Waals surface area (Å²) in [4.78, 5) is 14.6. The molecule has 0 unspecified atom stereocenters. The van der Waals surface area contributed by atoms with Crippen molar-refractivity contribution in [3.05, 3.63) is 6.33 Å². The predicted octanol–water partition coefficient (Wildman–Crippen LogP) is -0.918. The Morgan fingerprint density at radius 2 is 2.24 bits per heavy atom. The van der Waals surface area contributed by atoms with E-state index < -0.39 is 0 Å². The summed E-state index contributed by atoms with van der Waals surface area (Å²) in [6, 6.07) is -0.218. The summed E-state index contributed by atoms with van der Waals surface area (Å²) in [6.45, 7) is -0.107. The number of ether oxygens (including phenoxy) is 1. The van der Waals surface area contributed by atoms with E-state index in [-0.39, 0.29) is 30.9 Å². The van der Waals surface area contributed by atoms with E-state index in [9.17, 15) is 5.11 Å². The van der Waals surface area contributed by atoms with Gasteiger partial charge in [0, 0.05) is 26.6 Å². The Kier molecular flexibility index (Phi) is 3.40. The van der Waals surface area contributed by atoms with Gasteiger partial charge in [0.05, 0.1) is 19.0 Å². The largest absolute Gasteiger partial charge is 0.394 e. The summed E-state index contributed by atoms with van der Waals surface area (Å²) in [5, 5.41) is 9.24. The van der Waals surface area contributed by atoms with Crippen LogP contribution >= 0.6 is 0 Å². The molecule has 0 amide bonds. The molecule has 0 bridgehead atoms. The minimum atomic E-state index is -0.375. The molecule has 5 N–H and O–H groups in total. The van der Waals surface area contributed by atoms with Crippen LogP contribution in [0.3, 0.4) is 0 Å². The van der Waals surface area contributed by atoms with Crippen molar-refractivity contribution in [3.63, 3.8) is 0 Å². The van der Waals surface area contributed by atoms with Crippen molar-refractivity contribution in [3.8, 4) is 0 Å². The quantitative estimate of drug-likeness (QED) is 0.663. The van der Waals surface area contributed by atoms with Gasteiger partial charge in [0.25, 0.3) is 0 Å². The first-order valence-electron chi connectivity index (χ1n) is 6.70. The van der Waals surface area contributed by atoms with E-state index in [1.54, 1.807) is 10.9 Å². The lowest BCUT2D eigenvalue weighted by molar-refractivity contribution is -0.0233. The lowest BCUT2D eigenvalue weighted by Gasteiger charge is -2.15. The Bertz CT molecular complexity index is 656. The molecule has 0 saturated carbocycles. The number of aliphatic hydroxyl groups excluding tert-OH is 1. The average Bonchev–Trinajstić information content (AvgIpc) is 3.00. The maximum absolute atomic E-state index is 9.24. The highest BCUT2D eigenvalue weighted by Gasteiger charge is 2.34. The van der Waals surface area contributed by atoms with E-state index in [1.807, 2.05) is 19.0 Å². The van der Waals surface area contributed by atoms with Crippen LogP contribution in [0.5, 0.6) is 0 Å². The first-order chi connectivity index (χ1) is 10.0. The van der Waals surface area contributed by atoms with E-state index in [0.717, 1.165) is 0 Å². The van der Waals surface area contributed by atoms with E-state index in [1.165, 1.54) is 0 Å². The Labute approximate surface area is 121 Å². The zero-order valence-corrected chi connectivity index (χ0v) is 12.0. The number of fused-ring (bicyclic) bond motifs is 1. The molecule has 1 aliphatic heterocycles. The van der Waals surface area contributed by atoms with Gasteiger partial charge in [-0.15, -0.1) is 0 Å². The fraction of sp³-hybridized carbons (Fsp3) is 0.583. The second kappa shape index (κ2) is 5.10. The van der Waals surface area contributed by atoms with Crippen LogP contribution in [0.15, 0.2) is 6.33 Å². The summed E-state index contributed by atoms with van der Waals surface area (Å²) in [5.74, 6) is 0.825. The fourth-order valence-corrected chi connectivity index (χ4v) is 2.54. The Morgan fingerprint density at radius 1 is 1.48 bits per heavy atom. The van der Waals surface area contributed by atoms with Gasteiger partial charge in [-0.25, -0.2) is 4.98 Å². The molecule has 0 aliphatic carbocycles. The summed E-state index contributed by atoms with van der Waals surface area (Å²) >= 11 is 0. The van der Waals surface area contributed by atoms with Crippen molar-refractivity contribution < 1.29 is 9.84 Å². The van der Waals surface area contributed by atoms with Crippen LogP contribution in [0.2, 0.25) is 0 Å². The number of aromatic nitrogens is 4. The maximum atomic E-state index is 9.24. The van der Waals surface area contributed by atoms with Crippen LogP contribution in [0.1, 0.15) is 12.6 Å². The van der Waals surface area contributed by atoms with Gasteiger partial charge in [0.1, 0.15) is 6.23 Å². The van der Waals surface area contributed by atoms with Crippen LogP contribution in [-0.4, -0.2) is 57.5 Å². The molecule has 9 heteroatoms. The summed E-state index contributed by atoms with van der Waals surface area (Å²) in [5.41, 5.74) is 13.0. The molecule has 0 radical (unpaired) electrons. The normalized spacial score (nSPS) is 25.6. The van der Waals surface area contributed by atoms with Gasteiger partial charge in [-0.3, -0.25) is 4.57 Å². The van der Waals surface area contributed by atoms with Crippen molar-refractivity contribution in [2.45, 2.75) is 24.8 Å². The zero-order chi connectivity index (χ0) is 15.1. The smallest absolute Gasteiger partial charge is 0.224 e. The van der Waals surface area contributed by atoms with Gasteiger partial charge in [0.2, 0.25) is 5.95 Å². The predicted molar refractivity (Wildman–Crippen MR) is 77.7 cm³/mol. The number of imidazole rings is 1. The number of hydrogen-bond acceptors (Lipinski definition) is 8. The number of aliphatic hydroxyl groups is 1. The van der Waals surface area contributed by atoms with Gasteiger partial charge >= 0.3 is 0 Å². The van der Waals surface area contributed by atoms with Crippen LogP contribution in [0.25, 0.3) is 11.2 Å². The molecule has 114 valence electrons. The van der Waals surface area contributed by atoms with E-state index >= 15 is 0 Å². The molecule has 1 fully saturated rings. The number of rotatable bonds is 3. The third-order valence-corrected chi connectivity index (χ3v) is 3.62. The van der Waals surface area contributed by atoms with Gasteiger partial charge < -0.3 is 26.2 Å². The van der Waals surface area contributed by atoms with E-state index in [2.05, 4.69) is 15.0 Å². The molecule has 0 spiro atoms. The van der Waals surface area contributed by atoms with Gasteiger partial charge in [0.15, 0.2) is 17.0 Å². The Hall–Kier alpha value is -1.97. The standard InChI is InChI=1S/C12H19N7O2/c1-18(2)10-9-11(17-12(14)16-10)19(5-15-9)8-3-6(13)7(4-20)21-8/h5-8,20H,3-4,13H2,1-2H3,(H2,14,16,17)/t6-,7-,8-/m1/s1. The molecule has 3 rings (SSSR count). The minimum Gasteiger partial charge on any atom is -0.394 e. The van der Waals surface area contributed by atoms with Crippen LogP contribution in [0.4, 0.5) is 11.8 Å².